The molecule has 1 aromatic rings. The summed E-state index contributed by atoms with van der Waals surface area (Å²) in [7, 11) is 0. The van der Waals surface area contributed by atoms with Crippen LogP contribution in [0.15, 0.2) is 30.3 Å². The van der Waals surface area contributed by atoms with Gasteiger partial charge in [-0.1, -0.05) is 37.3 Å². The molecule has 1 amide bonds. The van der Waals surface area contributed by atoms with Crippen LogP contribution < -0.4 is 5.32 Å². The number of benzene rings is 1. The minimum absolute atomic E-state index is 0.00399. The van der Waals surface area contributed by atoms with Crippen molar-refractivity contribution in [3.8, 4) is 0 Å². The average molecular weight is 293 g/mol. The zero-order valence-electron chi connectivity index (χ0n) is 12.5. The van der Waals surface area contributed by atoms with Gasteiger partial charge in [0, 0.05) is 12.8 Å². The number of amides is 1. The molecule has 5 nitrogen and oxygen atoms in total. The van der Waals surface area contributed by atoms with Crippen LogP contribution in [0.5, 0.6) is 0 Å². The van der Waals surface area contributed by atoms with Crippen molar-refractivity contribution in [2.45, 2.75) is 38.7 Å². The molecule has 0 aromatic heterocycles. The lowest BCUT2D eigenvalue weighted by atomic mass is 9.90. The van der Waals surface area contributed by atoms with Crippen LogP contribution in [0.3, 0.4) is 0 Å². The van der Waals surface area contributed by atoms with Crippen molar-refractivity contribution in [3.63, 3.8) is 0 Å². The van der Waals surface area contributed by atoms with E-state index >= 15 is 0 Å². The Morgan fingerprint density at radius 2 is 2.14 bits per heavy atom. The molecule has 1 aliphatic heterocycles. The molecule has 0 radical (unpaired) electrons. The first-order valence-corrected chi connectivity index (χ1v) is 7.27. The van der Waals surface area contributed by atoms with Gasteiger partial charge in [0.2, 0.25) is 5.91 Å². The molecule has 2 unspecified atom stereocenters. The molecule has 1 saturated heterocycles. The van der Waals surface area contributed by atoms with Crippen molar-refractivity contribution in [2.75, 3.05) is 13.2 Å². The van der Waals surface area contributed by atoms with Crippen molar-refractivity contribution in [1.29, 1.82) is 0 Å². The highest BCUT2D eigenvalue weighted by Crippen LogP contribution is 2.25. The maximum atomic E-state index is 11.3. The van der Waals surface area contributed by atoms with Crippen molar-refractivity contribution >= 4 is 5.91 Å². The molecular weight excluding hydrogens is 270 g/mol. The lowest BCUT2D eigenvalue weighted by molar-refractivity contribution is -0.151. The molecule has 1 aromatic carbocycles. The number of carbonyl (C=O) groups excluding carboxylic acids is 1. The summed E-state index contributed by atoms with van der Waals surface area (Å²) in [4.78, 5) is 11.3. The molecule has 1 aliphatic rings. The number of rotatable bonds is 5. The number of ether oxygens (including phenoxy) is 2. The van der Waals surface area contributed by atoms with Crippen LogP contribution in [-0.2, 0) is 20.9 Å². The lowest BCUT2D eigenvalue weighted by Crippen LogP contribution is -2.57. The van der Waals surface area contributed by atoms with Crippen LogP contribution >= 0.6 is 0 Å². The third-order valence-corrected chi connectivity index (χ3v) is 3.84. The summed E-state index contributed by atoms with van der Waals surface area (Å²) in [6.45, 7) is 4.25. The van der Waals surface area contributed by atoms with E-state index in [0.717, 1.165) is 5.56 Å². The molecule has 0 spiro atoms. The third-order valence-electron chi connectivity index (χ3n) is 3.84. The van der Waals surface area contributed by atoms with Crippen LogP contribution in [-0.4, -0.2) is 42.5 Å². The maximum absolute atomic E-state index is 11.3. The van der Waals surface area contributed by atoms with Gasteiger partial charge in [-0.3, -0.25) is 4.79 Å². The molecule has 1 heterocycles. The highest BCUT2D eigenvalue weighted by Gasteiger charge is 2.38. The second-order valence-electron chi connectivity index (χ2n) is 5.48. The third kappa shape index (κ3) is 4.27. The summed E-state index contributed by atoms with van der Waals surface area (Å²) >= 11 is 0. The molecule has 2 N–H and O–H groups in total. The molecule has 1 fully saturated rings. The standard InChI is InChI=1S/C16H23NO4/c1-11-15(8-18)20-10-14(17-12(2)19)16(11)21-9-13-6-4-3-5-7-13/h3-7,11,14-16,18H,8-10H2,1-2H3,(H,17,19)/t11-,14?,15?,16-/m1/s1. The summed E-state index contributed by atoms with van der Waals surface area (Å²) in [5, 5.41) is 12.2. The van der Waals surface area contributed by atoms with Gasteiger partial charge < -0.3 is 19.9 Å². The molecular formula is C16H23NO4. The number of hydrogen-bond donors (Lipinski definition) is 2. The van der Waals surface area contributed by atoms with E-state index in [-0.39, 0.29) is 36.7 Å². The Kier molecular flexibility index (Phi) is 5.73. The number of nitrogens with one attached hydrogen (secondary N) is 1. The zero-order chi connectivity index (χ0) is 15.2. The predicted octanol–water partition coefficient (Wildman–Crippen LogP) is 1.10. The number of aliphatic hydroxyl groups is 1. The molecule has 0 aliphatic carbocycles. The molecule has 4 atom stereocenters. The summed E-state index contributed by atoms with van der Waals surface area (Å²) in [5.74, 6) is -0.101. The first-order valence-electron chi connectivity index (χ1n) is 7.27. The first-order chi connectivity index (χ1) is 10.1. The Labute approximate surface area is 125 Å². The van der Waals surface area contributed by atoms with Crippen LogP contribution in [0.1, 0.15) is 19.4 Å². The van der Waals surface area contributed by atoms with Gasteiger partial charge in [-0.2, -0.15) is 0 Å². The molecule has 0 saturated carbocycles. The largest absolute Gasteiger partial charge is 0.394 e. The second-order valence-corrected chi connectivity index (χ2v) is 5.48. The summed E-state index contributed by atoms with van der Waals surface area (Å²) in [5.41, 5.74) is 1.08. The molecule has 116 valence electrons. The van der Waals surface area contributed by atoms with E-state index in [9.17, 15) is 9.90 Å². The summed E-state index contributed by atoms with van der Waals surface area (Å²) in [6, 6.07) is 9.70. The Morgan fingerprint density at radius 1 is 1.43 bits per heavy atom. The van der Waals surface area contributed by atoms with Gasteiger partial charge in [0.1, 0.15) is 0 Å². The molecule has 21 heavy (non-hydrogen) atoms. The number of hydrogen-bond acceptors (Lipinski definition) is 4. The molecule has 2 rings (SSSR count). The minimum Gasteiger partial charge on any atom is -0.394 e. The van der Waals surface area contributed by atoms with E-state index < -0.39 is 0 Å². The van der Waals surface area contributed by atoms with Crippen molar-refractivity contribution in [3.05, 3.63) is 35.9 Å². The van der Waals surface area contributed by atoms with Crippen LogP contribution in [0.25, 0.3) is 0 Å². The van der Waals surface area contributed by atoms with E-state index in [1.807, 2.05) is 37.3 Å². The van der Waals surface area contributed by atoms with Gasteiger partial charge >= 0.3 is 0 Å². The fraction of sp³-hybridized carbons (Fsp3) is 0.562. The van der Waals surface area contributed by atoms with Gasteiger partial charge in [0.25, 0.3) is 0 Å². The lowest BCUT2D eigenvalue weighted by Gasteiger charge is -2.40. The van der Waals surface area contributed by atoms with E-state index in [2.05, 4.69) is 5.32 Å². The minimum atomic E-state index is -0.254. The summed E-state index contributed by atoms with van der Waals surface area (Å²) in [6.07, 6.45) is -0.434. The zero-order valence-corrected chi connectivity index (χ0v) is 12.5. The van der Waals surface area contributed by atoms with Gasteiger partial charge in [-0.25, -0.2) is 0 Å². The first kappa shape index (κ1) is 15.9. The monoisotopic (exact) mass is 293 g/mol. The van der Waals surface area contributed by atoms with E-state index in [1.165, 1.54) is 6.92 Å². The topological polar surface area (TPSA) is 67.8 Å². The highest BCUT2D eigenvalue weighted by atomic mass is 16.5. The van der Waals surface area contributed by atoms with Crippen LogP contribution in [0.2, 0.25) is 0 Å². The fourth-order valence-corrected chi connectivity index (χ4v) is 2.69. The Bertz CT molecular complexity index is 451. The quantitative estimate of drug-likeness (QED) is 0.853. The van der Waals surface area contributed by atoms with E-state index in [0.29, 0.717) is 13.2 Å². The Hall–Kier alpha value is -1.43. The molecule has 0 bridgehead atoms. The normalized spacial score (nSPS) is 29.1. The summed E-state index contributed by atoms with van der Waals surface area (Å²) < 4.78 is 11.6. The van der Waals surface area contributed by atoms with Gasteiger partial charge in [-0.05, 0) is 5.56 Å². The van der Waals surface area contributed by atoms with Crippen molar-refractivity contribution < 1.29 is 19.4 Å². The Balaban J connectivity index is 2.03. The van der Waals surface area contributed by atoms with Crippen molar-refractivity contribution in [1.82, 2.24) is 5.32 Å². The second kappa shape index (κ2) is 7.54. The smallest absolute Gasteiger partial charge is 0.217 e. The maximum Gasteiger partial charge on any atom is 0.217 e. The predicted molar refractivity (Wildman–Crippen MR) is 78.6 cm³/mol. The number of carbonyl (C=O) groups is 1. The van der Waals surface area contributed by atoms with Crippen LogP contribution in [0, 0.1) is 5.92 Å². The SMILES string of the molecule is CC(=O)NC1COC(CO)[C@@H](C)[C@H]1OCc1ccccc1. The highest BCUT2D eigenvalue weighted by molar-refractivity contribution is 5.73. The van der Waals surface area contributed by atoms with Gasteiger partial charge in [0.05, 0.1) is 38.1 Å². The number of aliphatic hydroxyl groups excluding tert-OH is 1. The van der Waals surface area contributed by atoms with E-state index in [4.69, 9.17) is 9.47 Å². The fourth-order valence-electron chi connectivity index (χ4n) is 2.69. The molecule has 5 heteroatoms. The van der Waals surface area contributed by atoms with Crippen molar-refractivity contribution in [2.24, 2.45) is 5.92 Å². The van der Waals surface area contributed by atoms with Gasteiger partial charge in [0.15, 0.2) is 0 Å². The van der Waals surface area contributed by atoms with Crippen LogP contribution in [0.4, 0.5) is 0 Å². The van der Waals surface area contributed by atoms with E-state index in [1.54, 1.807) is 0 Å². The average Bonchev–Trinajstić information content (AvgIpc) is 2.47. The van der Waals surface area contributed by atoms with Gasteiger partial charge in [-0.15, -0.1) is 0 Å². The Morgan fingerprint density at radius 3 is 2.76 bits per heavy atom.